The fourth-order valence-electron chi connectivity index (χ4n) is 6.76. The zero-order valence-corrected chi connectivity index (χ0v) is 23.9. The highest BCUT2D eigenvalue weighted by Crippen LogP contribution is 2.48. The average Bonchev–Trinajstić information content (AvgIpc) is 3.54. The smallest absolute Gasteiger partial charge is 0.227 e. The number of benzene rings is 5. The van der Waals surface area contributed by atoms with E-state index in [9.17, 15) is 0 Å². The van der Waals surface area contributed by atoms with Crippen LogP contribution in [0.3, 0.4) is 0 Å². The number of ether oxygens (including phenoxy) is 2. The fraction of sp³-hybridized carbons (Fsp3) is 0.105. The molecule has 2 unspecified atom stereocenters. The molecule has 6 nitrogen and oxygen atoms in total. The molecule has 6 heteroatoms. The van der Waals surface area contributed by atoms with E-state index in [4.69, 9.17) is 19.9 Å². The molecule has 0 aliphatic carbocycles. The topological polar surface area (TPSA) is 49.7 Å². The summed E-state index contributed by atoms with van der Waals surface area (Å²) < 4.78 is 13.6. The van der Waals surface area contributed by atoms with Crippen molar-refractivity contribution in [3.8, 4) is 22.6 Å². The summed E-state index contributed by atoms with van der Waals surface area (Å²) in [5.41, 5.74) is 6.99. The van der Waals surface area contributed by atoms with Crippen LogP contribution in [0.2, 0.25) is 0 Å². The third kappa shape index (κ3) is 3.81. The summed E-state index contributed by atoms with van der Waals surface area (Å²) in [5, 5.41) is 13.7. The van der Waals surface area contributed by atoms with Gasteiger partial charge in [0, 0.05) is 24.0 Å². The molecule has 0 N–H and O–H groups in total. The molecule has 0 radical (unpaired) electrons. The third-order valence-corrected chi connectivity index (χ3v) is 8.92. The Labute approximate surface area is 255 Å². The highest BCUT2D eigenvalue weighted by atomic mass is 16.5. The van der Waals surface area contributed by atoms with Crippen LogP contribution in [-0.4, -0.2) is 11.4 Å². The van der Waals surface area contributed by atoms with Gasteiger partial charge in [-0.3, -0.25) is 0 Å². The number of fused-ring (bicyclic) bond motifs is 4. The highest BCUT2D eigenvalue weighted by Gasteiger charge is 2.49. The molecular weight excluding hydrogens is 544 g/mol. The maximum atomic E-state index is 6.86. The van der Waals surface area contributed by atoms with Crippen LogP contribution in [0.15, 0.2) is 144 Å². The fourth-order valence-corrected chi connectivity index (χ4v) is 6.76. The Hall–Kier alpha value is -5.62. The summed E-state index contributed by atoms with van der Waals surface area (Å²) in [7, 11) is 0. The Morgan fingerprint density at radius 2 is 1.05 bits per heavy atom. The first kappa shape index (κ1) is 24.9. The van der Waals surface area contributed by atoms with E-state index in [1.54, 1.807) is 0 Å². The Kier molecular flexibility index (Phi) is 5.35. The molecule has 5 aromatic carbocycles. The third-order valence-electron chi connectivity index (χ3n) is 8.92. The van der Waals surface area contributed by atoms with Gasteiger partial charge in [0.15, 0.2) is 0 Å². The van der Waals surface area contributed by atoms with Crippen molar-refractivity contribution in [2.75, 3.05) is 10.0 Å². The van der Waals surface area contributed by atoms with Crippen molar-refractivity contribution in [1.82, 2.24) is 0 Å². The summed E-state index contributed by atoms with van der Waals surface area (Å²) in [5.74, 6) is 1.65. The van der Waals surface area contributed by atoms with Gasteiger partial charge in [0.1, 0.15) is 11.5 Å². The molecule has 0 saturated heterocycles. The zero-order valence-electron chi connectivity index (χ0n) is 23.9. The van der Waals surface area contributed by atoms with Crippen LogP contribution in [0.5, 0.6) is 11.5 Å². The van der Waals surface area contributed by atoms with Gasteiger partial charge in [-0.1, -0.05) is 91.0 Å². The van der Waals surface area contributed by atoms with Crippen LogP contribution >= 0.6 is 0 Å². The normalized spacial score (nSPS) is 22.1. The predicted octanol–water partition coefficient (Wildman–Crippen LogP) is 8.67. The number of rotatable bonds is 3. The second-order valence-corrected chi connectivity index (χ2v) is 11.6. The van der Waals surface area contributed by atoms with Gasteiger partial charge in [0.25, 0.3) is 0 Å². The molecule has 44 heavy (non-hydrogen) atoms. The predicted molar refractivity (Wildman–Crippen MR) is 173 cm³/mol. The van der Waals surface area contributed by atoms with Crippen molar-refractivity contribution in [1.29, 1.82) is 0 Å². The van der Waals surface area contributed by atoms with E-state index >= 15 is 0 Å². The molecule has 2 atom stereocenters. The average molecular weight is 573 g/mol. The largest absolute Gasteiger partial charge is 0.461 e. The van der Waals surface area contributed by atoms with Gasteiger partial charge >= 0.3 is 0 Å². The monoisotopic (exact) mass is 572 g/mol. The first-order chi connectivity index (χ1) is 21.7. The first-order valence-electron chi connectivity index (χ1n) is 14.9. The first-order valence-corrected chi connectivity index (χ1v) is 14.9. The SMILES string of the molecule is C1=CC2(Cc3ccccc3N2N=NN2c3ccccc3CC23C=Cc2cc(-c4ccccc4)ccc2O3)Oc2ccccc21. The van der Waals surface area contributed by atoms with Crippen LogP contribution in [-0.2, 0) is 12.8 Å². The van der Waals surface area contributed by atoms with Gasteiger partial charge < -0.3 is 9.47 Å². The minimum Gasteiger partial charge on any atom is -0.461 e. The second kappa shape index (κ2) is 9.44. The maximum Gasteiger partial charge on any atom is 0.227 e. The van der Waals surface area contributed by atoms with E-state index in [0.29, 0.717) is 12.8 Å². The summed E-state index contributed by atoms with van der Waals surface area (Å²) in [6.07, 6.45) is 9.78. The molecule has 4 aliphatic rings. The minimum atomic E-state index is -0.850. The van der Waals surface area contributed by atoms with E-state index in [0.717, 1.165) is 50.7 Å². The Bertz CT molecular complexity index is 2020. The van der Waals surface area contributed by atoms with Crippen LogP contribution < -0.4 is 19.5 Å². The second-order valence-electron chi connectivity index (χ2n) is 11.6. The molecule has 0 saturated carbocycles. The molecule has 4 heterocycles. The lowest BCUT2D eigenvalue weighted by Gasteiger charge is -2.38. The van der Waals surface area contributed by atoms with E-state index in [2.05, 4.69) is 109 Å². The standard InChI is InChI=1S/C38H28N4O2/c1-2-10-27(11-3-1)29-18-19-36-30(24-29)21-23-38(44-36)26-32-14-5-8-16-34(32)42(38)40-39-41-33-15-7-4-13-31(33)25-37(41)22-20-28-12-6-9-17-35(28)43-37/h1-24H,25-26H2. The van der Waals surface area contributed by atoms with Gasteiger partial charge in [0.05, 0.1) is 11.4 Å². The van der Waals surface area contributed by atoms with Crippen LogP contribution in [0, 0.1) is 0 Å². The number of hydrogen-bond donors (Lipinski definition) is 0. The molecule has 0 aromatic heterocycles. The summed E-state index contributed by atoms with van der Waals surface area (Å²) in [6.45, 7) is 0. The number of hydrogen-bond acceptors (Lipinski definition) is 4. The van der Waals surface area contributed by atoms with Crippen molar-refractivity contribution < 1.29 is 9.47 Å². The lowest BCUT2D eigenvalue weighted by atomic mass is 9.98. The highest BCUT2D eigenvalue weighted by molar-refractivity contribution is 5.74. The van der Waals surface area contributed by atoms with Crippen LogP contribution in [0.4, 0.5) is 11.4 Å². The van der Waals surface area contributed by atoms with Crippen LogP contribution in [0.25, 0.3) is 23.3 Å². The Balaban J connectivity index is 1.11. The number of anilines is 2. The lowest BCUT2D eigenvalue weighted by molar-refractivity contribution is 0.110. The van der Waals surface area contributed by atoms with Crippen molar-refractivity contribution in [3.05, 3.63) is 156 Å². The van der Waals surface area contributed by atoms with E-state index in [-0.39, 0.29) is 0 Å². The van der Waals surface area contributed by atoms with Gasteiger partial charge in [-0.25, -0.2) is 0 Å². The Morgan fingerprint density at radius 3 is 1.73 bits per heavy atom. The quantitative estimate of drug-likeness (QED) is 0.203. The molecule has 212 valence electrons. The van der Waals surface area contributed by atoms with Crippen molar-refractivity contribution in [3.63, 3.8) is 0 Å². The molecule has 2 spiro atoms. The molecule has 0 fully saturated rings. The summed E-state index contributed by atoms with van der Waals surface area (Å²) >= 11 is 0. The molecule has 4 aliphatic heterocycles. The molecular formula is C38H28N4O2. The number of nitrogens with zero attached hydrogens (tertiary/aromatic N) is 4. The van der Waals surface area contributed by atoms with Gasteiger partial charge in [0.2, 0.25) is 11.4 Å². The van der Waals surface area contributed by atoms with Gasteiger partial charge in [-0.2, -0.15) is 10.0 Å². The minimum absolute atomic E-state index is 0.643. The molecule has 0 bridgehead atoms. The van der Waals surface area contributed by atoms with Crippen molar-refractivity contribution >= 4 is 23.5 Å². The zero-order chi connectivity index (χ0) is 29.1. The van der Waals surface area contributed by atoms with Crippen LogP contribution in [0.1, 0.15) is 22.3 Å². The van der Waals surface area contributed by atoms with E-state index < -0.39 is 11.4 Å². The number of para-hydroxylation sites is 3. The molecule has 0 amide bonds. The van der Waals surface area contributed by atoms with Gasteiger partial charge in [-0.15, -0.1) is 0 Å². The molecule has 9 rings (SSSR count). The molecule has 5 aromatic rings. The lowest BCUT2D eigenvalue weighted by Crippen LogP contribution is -2.50. The summed E-state index contributed by atoms with van der Waals surface area (Å²) in [6, 6.07) is 41.4. The summed E-state index contributed by atoms with van der Waals surface area (Å²) in [4.78, 5) is 0. The van der Waals surface area contributed by atoms with Gasteiger partial charge in [-0.05, 0) is 87.3 Å². The Morgan fingerprint density at radius 1 is 0.500 bits per heavy atom. The van der Waals surface area contributed by atoms with E-state index in [1.807, 2.05) is 46.4 Å². The van der Waals surface area contributed by atoms with Crippen molar-refractivity contribution in [2.24, 2.45) is 10.4 Å². The maximum absolute atomic E-state index is 6.86. The van der Waals surface area contributed by atoms with E-state index in [1.165, 1.54) is 5.56 Å². The van der Waals surface area contributed by atoms with Crippen molar-refractivity contribution in [2.45, 2.75) is 24.3 Å².